The molecule has 0 aliphatic carbocycles. The van der Waals surface area contributed by atoms with Crippen molar-refractivity contribution in [2.24, 2.45) is 0 Å². The summed E-state index contributed by atoms with van der Waals surface area (Å²) in [5, 5.41) is 3.02. The molecule has 0 saturated carbocycles. The summed E-state index contributed by atoms with van der Waals surface area (Å²) in [4.78, 5) is 27.9. The van der Waals surface area contributed by atoms with Crippen LogP contribution in [0.1, 0.15) is 50.8 Å². The minimum atomic E-state index is -0.572. The van der Waals surface area contributed by atoms with Crippen LogP contribution in [0.2, 0.25) is 0 Å². The molecule has 0 aliphatic heterocycles. The number of aryl methyl sites for hydroxylation is 2. The van der Waals surface area contributed by atoms with E-state index in [2.05, 4.69) is 5.32 Å². The summed E-state index contributed by atoms with van der Waals surface area (Å²) in [6.45, 7) is 11.9. The van der Waals surface area contributed by atoms with E-state index in [0.717, 1.165) is 16.7 Å². The highest BCUT2D eigenvalue weighted by Gasteiger charge is 2.31. The van der Waals surface area contributed by atoms with Gasteiger partial charge in [-0.1, -0.05) is 49.4 Å². The molecule has 30 heavy (non-hydrogen) atoms. The number of carbonyl (C=O) groups is 2. The normalized spacial score (nSPS) is 12.2. The van der Waals surface area contributed by atoms with Crippen molar-refractivity contribution < 1.29 is 14.3 Å². The highest BCUT2D eigenvalue weighted by molar-refractivity contribution is 5.88. The van der Waals surface area contributed by atoms with Crippen LogP contribution in [-0.4, -0.2) is 34.9 Å². The molecule has 2 aromatic rings. The summed E-state index contributed by atoms with van der Waals surface area (Å²) in [6.07, 6.45) is 0.518. The molecule has 0 aliphatic rings. The van der Waals surface area contributed by atoms with Gasteiger partial charge in [-0.05, 0) is 63.8 Å². The van der Waals surface area contributed by atoms with Crippen LogP contribution in [0, 0.1) is 13.8 Å². The number of para-hydroxylation sites is 1. The molecular formula is C25H34N2O3. The summed E-state index contributed by atoms with van der Waals surface area (Å²) >= 11 is 0. The van der Waals surface area contributed by atoms with E-state index in [9.17, 15) is 9.59 Å². The largest absolute Gasteiger partial charge is 0.484 e. The van der Waals surface area contributed by atoms with Crippen molar-refractivity contribution in [3.05, 3.63) is 65.2 Å². The van der Waals surface area contributed by atoms with Gasteiger partial charge in [0.2, 0.25) is 5.91 Å². The van der Waals surface area contributed by atoms with Gasteiger partial charge in [-0.25, -0.2) is 0 Å². The number of nitrogens with one attached hydrogen (secondary N) is 1. The Bertz CT molecular complexity index is 871. The van der Waals surface area contributed by atoms with E-state index in [4.69, 9.17) is 4.74 Å². The van der Waals surface area contributed by atoms with Crippen molar-refractivity contribution in [1.82, 2.24) is 10.2 Å². The van der Waals surface area contributed by atoms with Crippen LogP contribution in [0.15, 0.2) is 48.5 Å². The molecule has 0 spiro atoms. The predicted octanol–water partition coefficient (Wildman–Crippen LogP) is 4.40. The maximum absolute atomic E-state index is 13.2. The maximum Gasteiger partial charge on any atom is 0.261 e. The second kappa shape index (κ2) is 10.3. The number of nitrogens with zero attached hydrogens (tertiary/aromatic N) is 1. The zero-order valence-electron chi connectivity index (χ0n) is 19.0. The van der Waals surface area contributed by atoms with Gasteiger partial charge in [0.25, 0.3) is 5.91 Å². The van der Waals surface area contributed by atoms with Crippen molar-refractivity contribution in [2.45, 2.75) is 66.1 Å². The van der Waals surface area contributed by atoms with Gasteiger partial charge in [-0.2, -0.15) is 0 Å². The molecule has 0 aromatic heterocycles. The minimum Gasteiger partial charge on any atom is -0.484 e. The highest BCUT2D eigenvalue weighted by atomic mass is 16.5. The second-order valence-electron chi connectivity index (χ2n) is 8.67. The quantitative estimate of drug-likeness (QED) is 0.701. The van der Waals surface area contributed by atoms with Crippen molar-refractivity contribution >= 4 is 11.8 Å². The van der Waals surface area contributed by atoms with E-state index in [0.29, 0.717) is 18.7 Å². The molecule has 1 N–H and O–H groups in total. The molecule has 0 saturated heterocycles. The summed E-state index contributed by atoms with van der Waals surface area (Å²) < 4.78 is 5.80. The highest BCUT2D eigenvalue weighted by Crippen LogP contribution is 2.19. The van der Waals surface area contributed by atoms with Crippen LogP contribution in [0.25, 0.3) is 0 Å². The minimum absolute atomic E-state index is 0.115. The summed E-state index contributed by atoms with van der Waals surface area (Å²) in [5.74, 6) is 0.314. The second-order valence-corrected chi connectivity index (χ2v) is 8.67. The molecule has 5 nitrogen and oxygen atoms in total. The zero-order valence-corrected chi connectivity index (χ0v) is 19.0. The number of ether oxygens (including phenoxy) is 1. The van der Waals surface area contributed by atoms with Gasteiger partial charge in [-0.3, -0.25) is 9.59 Å². The van der Waals surface area contributed by atoms with E-state index < -0.39 is 6.04 Å². The Morgan fingerprint density at radius 1 is 1.00 bits per heavy atom. The van der Waals surface area contributed by atoms with Gasteiger partial charge in [0, 0.05) is 12.1 Å². The fourth-order valence-electron chi connectivity index (χ4n) is 3.28. The number of hydrogen-bond acceptors (Lipinski definition) is 3. The molecule has 0 fully saturated rings. The van der Waals surface area contributed by atoms with Gasteiger partial charge in [0.1, 0.15) is 11.8 Å². The average Bonchev–Trinajstić information content (AvgIpc) is 2.67. The van der Waals surface area contributed by atoms with Crippen LogP contribution in [0.3, 0.4) is 0 Å². The first-order valence-corrected chi connectivity index (χ1v) is 10.5. The molecule has 0 radical (unpaired) electrons. The molecule has 0 heterocycles. The van der Waals surface area contributed by atoms with Crippen molar-refractivity contribution in [3.8, 4) is 5.75 Å². The average molecular weight is 411 g/mol. The van der Waals surface area contributed by atoms with E-state index >= 15 is 0 Å². The Morgan fingerprint density at radius 3 is 2.17 bits per heavy atom. The standard InChI is InChI=1S/C25H34N2O3/c1-7-21(24(29)26-25(4,5)6)27(16-20-14-10-8-12-18(20)2)23(28)17-30-22-15-11-9-13-19(22)3/h8-15,21H,7,16-17H2,1-6H3,(H,26,29). The Hall–Kier alpha value is -2.82. The van der Waals surface area contributed by atoms with E-state index in [1.165, 1.54) is 0 Å². The third-order valence-electron chi connectivity index (χ3n) is 4.93. The van der Waals surface area contributed by atoms with Gasteiger partial charge < -0.3 is 15.0 Å². The lowest BCUT2D eigenvalue weighted by molar-refractivity contribution is -0.143. The molecule has 1 atom stereocenters. The lowest BCUT2D eigenvalue weighted by Crippen LogP contribution is -2.54. The number of hydrogen-bond donors (Lipinski definition) is 1. The number of carbonyl (C=O) groups excluding carboxylic acids is 2. The lowest BCUT2D eigenvalue weighted by Gasteiger charge is -2.33. The molecule has 2 aromatic carbocycles. The van der Waals surface area contributed by atoms with Crippen LogP contribution in [0.4, 0.5) is 0 Å². The first-order chi connectivity index (χ1) is 14.1. The lowest BCUT2D eigenvalue weighted by atomic mass is 10.0. The molecule has 1 unspecified atom stereocenters. The van der Waals surface area contributed by atoms with Crippen molar-refractivity contribution in [2.75, 3.05) is 6.61 Å². The van der Waals surface area contributed by atoms with Gasteiger partial charge in [0.05, 0.1) is 0 Å². The third kappa shape index (κ3) is 6.61. The Labute approximate surface area is 180 Å². The van der Waals surface area contributed by atoms with Gasteiger partial charge in [0.15, 0.2) is 6.61 Å². The number of amides is 2. The molecule has 0 bridgehead atoms. The molecule has 5 heteroatoms. The summed E-state index contributed by atoms with van der Waals surface area (Å²) in [5.41, 5.74) is 2.69. The van der Waals surface area contributed by atoms with Crippen LogP contribution in [-0.2, 0) is 16.1 Å². The van der Waals surface area contributed by atoms with Crippen molar-refractivity contribution in [3.63, 3.8) is 0 Å². The molecule has 2 amide bonds. The summed E-state index contributed by atoms with van der Waals surface area (Å²) in [7, 11) is 0. The van der Waals surface area contributed by atoms with Crippen LogP contribution >= 0.6 is 0 Å². The third-order valence-corrected chi connectivity index (χ3v) is 4.93. The monoisotopic (exact) mass is 410 g/mol. The molecule has 162 valence electrons. The van der Waals surface area contributed by atoms with Crippen molar-refractivity contribution in [1.29, 1.82) is 0 Å². The molecular weight excluding hydrogens is 376 g/mol. The van der Waals surface area contributed by atoms with Crippen LogP contribution < -0.4 is 10.1 Å². The smallest absolute Gasteiger partial charge is 0.261 e. The zero-order chi connectivity index (χ0) is 22.3. The topological polar surface area (TPSA) is 58.6 Å². The predicted molar refractivity (Wildman–Crippen MR) is 120 cm³/mol. The number of rotatable bonds is 8. The fourth-order valence-corrected chi connectivity index (χ4v) is 3.28. The Morgan fingerprint density at radius 2 is 1.60 bits per heavy atom. The fraction of sp³-hybridized carbons (Fsp3) is 0.440. The summed E-state index contributed by atoms with van der Waals surface area (Å²) in [6, 6.07) is 14.9. The first-order valence-electron chi connectivity index (χ1n) is 10.5. The van der Waals surface area contributed by atoms with E-state index in [-0.39, 0.29) is 24.0 Å². The van der Waals surface area contributed by atoms with Crippen LogP contribution in [0.5, 0.6) is 5.75 Å². The molecule has 2 rings (SSSR count). The maximum atomic E-state index is 13.2. The Kier molecular flexibility index (Phi) is 8.04. The van der Waals surface area contributed by atoms with E-state index in [1.54, 1.807) is 4.90 Å². The van der Waals surface area contributed by atoms with Gasteiger partial charge >= 0.3 is 0 Å². The SMILES string of the molecule is CCC(C(=O)NC(C)(C)C)N(Cc1ccccc1C)C(=O)COc1ccccc1C. The first kappa shape index (κ1) is 23.5. The van der Waals surface area contributed by atoms with E-state index in [1.807, 2.05) is 90.1 Å². The number of benzene rings is 2. The van der Waals surface area contributed by atoms with Gasteiger partial charge in [-0.15, -0.1) is 0 Å². The Balaban J connectivity index is 2.27.